The molecule has 0 spiro atoms. The summed E-state index contributed by atoms with van der Waals surface area (Å²) in [6.07, 6.45) is 7.17. The number of aromatic nitrogens is 5. The van der Waals surface area contributed by atoms with Crippen LogP contribution in [0.25, 0.3) is 22.4 Å². The quantitative estimate of drug-likeness (QED) is 0.464. The number of thioether (sulfide) groups is 1. The predicted octanol–water partition coefficient (Wildman–Crippen LogP) is 3.80. The van der Waals surface area contributed by atoms with Crippen LogP contribution in [0.4, 0.5) is 0 Å². The molecule has 1 fully saturated rings. The van der Waals surface area contributed by atoms with Gasteiger partial charge in [-0.2, -0.15) is 5.10 Å². The summed E-state index contributed by atoms with van der Waals surface area (Å²) >= 11 is 7.41. The van der Waals surface area contributed by atoms with Crippen molar-refractivity contribution in [1.82, 2.24) is 29.1 Å². The van der Waals surface area contributed by atoms with Gasteiger partial charge in [-0.1, -0.05) is 35.5 Å². The predicted molar refractivity (Wildman–Crippen MR) is 113 cm³/mol. The van der Waals surface area contributed by atoms with Crippen LogP contribution in [0.5, 0.6) is 0 Å². The van der Waals surface area contributed by atoms with Crippen molar-refractivity contribution in [3.8, 4) is 11.3 Å². The summed E-state index contributed by atoms with van der Waals surface area (Å²) in [5, 5.41) is 14.7. The minimum absolute atomic E-state index is 0.168. The number of nitrogens with zero attached hydrogens (tertiary/aromatic N) is 6. The smallest absolute Gasteiger partial charge is 0.233 e. The highest BCUT2D eigenvalue weighted by Crippen LogP contribution is 2.25. The highest BCUT2D eigenvalue weighted by molar-refractivity contribution is 7.99. The number of halogens is 1. The fourth-order valence-electron chi connectivity index (χ4n) is 3.61. The third-order valence-electron chi connectivity index (χ3n) is 5.16. The van der Waals surface area contributed by atoms with Crippen LogP contribution < -0.4 is 0 Å². The van der Waals surface area contributed by atoms with E-state index in [1.165, 1.54) is 18.2 Å². The second-order valence-corrected chi connectivity index (χ2v) is 8.45. The van der Waals surface area contributed by atoms with E-state index in [-0.39, 0.29) is 5.91 Å². The van der Waals surface area contributed by atoms with Gasteiger partial charge in [0.1, 0.15) is 5.52 Å². The number of amides is 1. The molecule has 148 valence electrons. The van der Waals surface area contributed by atoms with Gasteiger partial charge in [0.05, 0.1) is 11.4 Å². The standard InChI is InChI=1S/C20H19ClN6OS/c21-15-6-4-14(5-7-15)16-12-17-19-22-23-20(26(19)10-11-27(17)24-16)29-13-18(28)25-8-2-1-3-9-25/h4-7,10-12H,1-3,8-9,13H2. The largest absolute Gasteiger partial charge is 0.342 e. The van der Waals surface area contributed by atoms with E-state index >= 15 is 0 Å². The molecule has 1 aliphatic heterocycles. The monoisotopic (exact) mass is 426 g/mol. The van der Waals surface area contributed by atoms with Crippen molar-refractivity contribution in [2.45, 2.75) is 24.4 Å². The van der Waals surface area contributed by atoms with E-state index in [0.717, 1.165) is 42.7 Å². The van der Waals surface area contributed by atoms with E-state index in [1.807, 2.05) is 52.0 Å². The minimum Gasteiger partial charge on any atom is -0.342 e. The van der Waals surface area contributed by atoms with E-state index in [1.54, 1.807) is 4.52 Å². The van der Waals surface area contributed by atoms with Gasteiger partial charge in [0, 0.05) is 36.1 Å². The first-order valence-electron chi connectivity index (χ1n) is 9.59. The average molecular weight is 427 g/mol. The highest BCUT2D eigenvalue weighted by atomic mass is 35.5. The first-order valence-corrected chi connectivity index (χ1v) is 10.9. The molecule has 7 nitrogen and oxygen atoms in total. The number of likely N-dealkylation sites (tertiary alicyclic amines) is 1. The third-order valence-corrected chi connectivity index (χ3v) is 6.34. The Labute approximate surface area is 176 Å². The van der Waals surface area contributed by atoms with Crippen molar-refractivity contribution < 1.29 is 4.79 Å². The lowest BCUT2D eigenvalue weighted by molar-refractivity contribution is -0.129. The Bertz CT molecular complexity index is 1180. The van der Waals surface area contributed by atoms with Gasteiger partial charge in [-0.3, -0.25) is 9.20 Å². The summed E-state index contributed by atoms with van der Waals surface area (Å²) in [6.45, 7) is 1.73. The Morgan fingerprint density at radius 3 is 2.66 bits per heavy atom. The molecule has 0 aliphatic carbocycles. The molecular weight excluding hydrogens is 408 g/mol. The van der Waals surface area contributed by atoms with Crippen LogP contribution in [0.2, 0.25) is 5.02 Å². The van der Waals surface area contributed by atoms with E-state index in [9.17, 15) is 4.79 Å². The van der Waals surface area contributed by atoms with Crippen molar-refractivity contribution >= 4 is 40.4 Å². The summed E-state index contributed by atoms with van der Waals surface area (Å²) in [4.78, 5) is 14.4. The van der Waals surface area contributed by atoms with Crippen LogP contribution in [0, 0.1) is 0 Å². The zero-order valence-electron chi connectivity index (χ0n) is 15.7. The number of hydrogen-bond donors (Lipinski definition) is 0. The van der Waals surface area contributed by atoms with Crippen LogP contribution in [0.15, 0.2) is 47.9 Å². The van der Waals surface area contributed by atoms with Crippen LogP contribution in [-0.2, 0) is 4.79 Å². The molecule has 3 aromatic heterocycles. The van der Waals surface area contributed by atoms with E-state index < -0.39 is 0 Å². The van der Waals surface area contributed by atoms with Gasteiger partial charge >= 0.3 is 0 Å². The number of fused-ring (bicyclic) bond motifs is 3. The van der Waals surface area contributed by atoms with Crippen LogP contribution in [0.1, 0.15) is 19.3 Å². The molecule has 4 heterocycles. The SMILES string of the molecule is O=C(CSc1nnc2c3cc(-c4ccc(Cl)cc4)nn3ccn12)N1CCCCC1. The fraction of sp³-hybridized carbons (Fsp3) is 0.300. The Morgan fingerprint density at radius 2 is 1.86 bits per heavy atom. The normalized spacial score (nSPS) is 14.7. The molecule has 0 atom stereocenters. The van der Waals surface area contributed by atoms with Gasteiger partial charge < -0.3 is 4.90 Å². The number of carbonyl (C=O) groups excluding carboxylic acids is 1. The van der Waals surface area contributed by atoms with Crippen LogP contribution >= 0.6 is 23.4 Å². The number of piperidine rings is 1. The average Bonchev–Trinajstić information content (AvgIpc) is 3.37. The molecule has 0 saturated carbocycles. The Morgan fingerprint density at radius 1 is 1.07 bits per heavy atom. The Kier molecular flexibility index (Phi) is 4.89. The topological polar surface area (TPSA) is 67.8 Å². The molecule has 0 bridgehead atoms. The highest BCUT2D eigenvalue weighted by Gasteiger charge is 2.18. The number of benzene rings is 1. The van der Waals surface area contributed by atoms with Crippen molar-refractivity contribution in [3.63, 3.8) is 0 Å². The van der Waals surface area contributed by atoms with Crippen LogP contribution in [0.3, 0.4) is 0 Å². The molecule has 29 heavy (non-hydrogen) atoms. The summed E-state index contributed by atoms with van der Waals surface area (Å²) in [7, 11) is 0. The molecule has 0 unspecified atom stereocenters. The first kappa shape index (κ1) is 18.4. The van der Waals surface area contributed by atoms with Gasteiger partial charge in [-0.05, 0) is 37.5 Å². The molecule has 1 amide bonds. The summed E-state index contributed by atoms with van der Waals surface area (Å²) in [6, 6.07) is 9.57. The molecule has 9 heteroatoms. The molecule has 4 aromatic rings. The molecule has 5 rings (SSSR count). The van der Waals surface area contributed by atoms with Crippen molar-refractivity contribution in [2.75, 3.05) is 18.8 Å². The summed E-state index contributed by atoms with van der Waals surface area (Å²) in [5.41, 5.74) is 3.40. The number of rotatable bonds is 4. The maximum Gasteiger partial charge on any atom is 0.233 e. The van der Waals surface area contributed by atoms with E-state index in [2.05, 4.69) is 15.3 Å². The molecule has 0 radical (unpaired) electrons. The zero-order chi connectivity index (χ0) is 19.8. The molecule has 1 aliphatic rings. The summed E-state index contributed by atoms with van der Waals surface area (Å²) < 4.78 is 3.71. The fourth-order valence-corrected chi connectivity index (χ4v) is 4.56. The maximum absolute atomic E-state index is 12.5. The van der Waals surface area contributed by atoms with Crippen LogP contribution in [-0.4, -0.2) is 53.9 Å². The first-order chi connectivity index (χ1) is 14.2. The van der Waals surface area contributed by atoms with Gasteiger partial charge in [0.15, 0.2) is 10.8 Å². The lowest BCUT2D eigenvalue weighted by Gasteiger charge is -2.26. The Hall–Kier alpha value is -2.58. The summed E-state index contributed by atoms with van der Waals surface area (Å²) in [5.74, 6) is 0.545. The Balaban J connectivity index is 1.41. The van der Waals surface area contributed by atoms with Crippen molar-refractivity contribution in [1.29, 1.82) is 0 Å². The number of hydrogen-bond acceptors (Lipinski definition) is 5. The minimum atomic E-state index is 0.168. The van der Waals surface area contributed by atoms with Gasteiger partial charge in [-0.25, -0.2) is 4.52 Å². The lowest BCUT2D eigenvalue weighted by atomic mass is 10.1. The maximum atomic E-state index is 12.5. The second kappa shape index (κ2) is 7.68. The molecule has 0 N–H and O–H groups in total. The van der Waals surface area contributed by atoms with Crippen molar-refractivity contribution in [2.24, 2.45) is 0 Å². The van der Waals surface area contributed by atoms with Gasteiger partial charge in [0.25, 0.3) is 0 Å². The molecule has 1 aromatic carbocycles. The number of carbonyl (C=O) groups is 1. The van der Waals surface area contributed by atoms with Gasteiger partial charge in [-0.15, -0.1) is 10.2 Å². The molecule has 1 saturated heterocycles. The second-order valence-electron chi connectivity index (χ2n) is 7.07. The molecular formula is C20H19ClN6OS. The van der Waals surface area contributed by atoms with Crippen molar-refractivity contribution in [3.05, 3.63) is 47.7 Å². The third kappa shape index (κ3) is 3.58. The van der Waals surface area contributed by atoms with Gasteiger partial charge in [0.2, 0.25) is 5.91 Å². The zero-order valence-corrected chi connectivity index (χ0v) is 17.2. The van der Waals surface area contributed by atoms with E-state index in [4.69, 9.17) is 11.6 Å². The lowest BCUT2D eigenvalue weighted by Crippen LogP contribution is -2.36. The van der Waals surface area contributed by atoms with E-state index in [0.29, 0.717) is 21.6 Å².